The predicted molar refractivity (Wildman–Crippen MR) is 81.0 cm³/mol. The maximum Gasteiger partial charge on any atom is 0.115 e. The second kappa shape index (κ2) is 4.77. The molecule has 0 spiro atoms. The Morgan fingerprint density at radius 1 is 1.25 bits per heavy atom. The third kappa shape index (κ3) is 2.14. The van der Waals surface area contributed by atoms with Crippen molar-refractivity contribution in [3.63, 3.8) is 0 Å². The Labute approximate surface area is 121 Å². The van der Waals surface area contributed by atoms with Crippen molar-refractivity contribution in [3.8, 4) is 5.75 Å². The average Bonchev–Trinajstić information content (AvgIpc) is 3.25. The Morgan fingerprint density at radius 3 is 2.90 bits per heavy atom. The smallest absolute Gasteiger partial charge is 0.115 e. The molecule has 2 fully saturated rings. The highest BCUT2D eigenvalue weighted by Gasteiger charge is 2.41. The van der Waals surface area contributed by atoms with Gasteiger partial charge in [-0.2, -0.15) is 0 Å². The lowest BCUT2D eigenvalue weighted by molar-refractivity contribution is 0.0681. The van der Waals surface area contributed by atoms with E-state index in [-0.39, 0.29) is 0 Å². The van der Waals surface area contributed by atoms with Gasteiger partial charge in [-0.15, -0.1) is 0 Å². The number of hydrogen-bond donors (Lipinski definition) is 1. The van der Waals surface area contributed by atoms with Crippen molar-refractivity contribution in [3.05, 3.63) is 29.3 Å². The molecule has 3 atom stereocenters. The van der Waals surface area contributed by atoms with Crippen molar-refractivity contribution >= 4 is 0 Å². The van der Waals surface area contributed by atoms with Crippen molar-refractivity contribution in [2.24, 2.45) is 11.8 Å². The number of nitrogens with zero attached hydrogens (tertiary/aromatic N) is 1. The Balaban J connectivity index is 1.64. The van der Waals surface area contributed by atoms with E-state index in [1.165, 1.54) is 56.3 Å². The molecular weight excluding hydrogens is 246 g/mol. The minimum Gasteiger partial charge on any atom is -0.508 e. The molecule has 1 aromatic rings. The molecule has 1 saturated carbocycles. The van der Waals surface area contributed by atoms with E-state index in [9.17, 15) is 5.11 Å². The van der Waals surface area contributed by atoms with E-state index in [2.05, 4.69) is 17.9 Å². The van der Waals surface area contributed by atoms with Gasteiger partial charge in [-0.25, -0.2) is 0 Å². The Kier molecular flexibility index (Phi) is 3.03. The lowest BCUT2D eigenvalue weighted by Crippen LogP contribution is -2.50. The van der Waals surface area contributed by atoms with Crippen molar-refractivity contribution < 1.29 is 5.11 Å². The van der Waals surface area contributed by atoms with E-state index in [1.807, 2.05) is 12.1 Å². The predicted octanol–water partition coefficient (Wildman–Crippen LogP) is 3.54. The summed E-state index contributed by atoms with van der Waals surface area (Å²) in [6, 6.07) is 6.77. The molecular formula is C18H25NO. The van der Waals surface area contributed by atoms with Crippen LogP contribution < -0.4 is 0 Å². The first-order chi connectivity index (χ1) is 9.72. The van der Waals surface area contributed by atoms with Crippen LogP contribution in [0.15, 0.2) is 18.2 Å². The number of benzene rings is 1. The summed E-state index contributed by atoms with van der Waals surface area (Å²) in [6.07, 6.45) is 6.81. The van der Waals surface area contributed by atoms with Crippen LogP contribution in [0.1, 0.15) is 49.7 Å². The molecule has 1 heterocycles. The molecule has 2 heteroatoms. The highest BCUT2D eigenvalue weighted by Crippen LogP contribution is 2.44. The lowest BCUT2D eigenvalue weighted by atomic mass is 9.69. The van der Waals surface area contributed by atoms with Crippen molar-refractivity contribution in [1.29, 1.82) is 0 Å². The van der Waals surface area contributed by atoms with Gasteiger partial charge in [0.2, 0.25) is 0 Å². The standard InChI is InChI=1S/C18H25NO/c1-12-16-3-2-8-19(11-13-4-5-13)18(16)9-14-6-7-15(20)10-17(12)14/h6-7,10,12-13,16,18,20H,2-5,8-9,11H2,1H3/t12-,16-,18+/m0/s1. The molecule has 1 aliphatic heterocycles. The number of hydrogen-bond acceptors (Lipinski definition) is 2. The summed E-state index contributed by atoms with van der Waals surface area (Å²) in [7, 11) is 0. The number of aromatic hydroxyl groups is 1. The Bertz CT molecular complexity index is 508. The molecule has 0 amide bonds. The minimum absolute atomic E-state index is 0.430. The molecule has 1 aromatic carbocycles. The zero-order chi connectivity index (χ0) is 13.7. The van der Waals surface area contributed by atoms with Gasteiger partial charge in [0.25, 0.3) is 0 Å². The van der Waals surface area contributed by atoms with Crippen LogP contribution in [-0.2, 0) is 6.42 Å². The molecule has 2 aliphatic carbocycles. The van der Waals surface area contributed by atoms with E-state index in [0.717, 1.165) is 17.9 Å². The van der Waals surface area contributed by atoms with Gasteiger partial charge in [-0.1, -0.05) is 13.0 Å². The summed E-state index contributed by atoms with van der Waals surface area (Å²) >= 11 is 0. The highest BCUT2D eigenvalue weighted by molar-refractivity contribution is 5.40. The van der Waals surface area contributed by atoms with Gasteiger partial charge < -0.3 is 5.11 Å². The van der Waals surface area contributed by atoms with Crippen LogP contribution in [0.4, 0.5) is 0 Å². The highest BCUT2D eigenvalue weighted by atomic mass is 16.3. The molecule has 1 saturated heterocycles. The number of piperidine rings is 1. The maximum atomic E-state index is 9.77. The number of likely N-dealkylation sites (tertiary alicyclic amines) is 1. The van der Waals surface area contributed by atoms with E-state index in [0.29, 0.717) is 11.7 Å². The average molecular weight is 271 g/mol. The lowest BCUT2D eigenvalue weighted by Gasteiger charge is -2.47. The third-order valence-corrected chi connectivity index (χ3v) is 5.83. The van der Waals surface area contributed by atoms with Crippen LogP contribution in [-0.4, -0.2) is 29.1 Å². The van der Waals surface area contributed by atoms with Crippen molar-refractivity contribution in [2.75, 3.05) is 13.1 Å². The number of fused-ring (bicyclic) bond motifs is 2. The molecule has 3 aliphatic rings. The molecule has 4 rings (SSSR count). The first-order valence-corrected chi connectivity index (χ1v) is 8.28. The SMILES string of the molecule is C[C@@H]1c2cc(O)ccc2C[C@@H]2[C@H]1CCCN2CC1CC1. The van der Waals surface area contributed by atoms with Crippen LogP contribution in [0, 0.1) is 11.8 Å². The van der Waals surface area contributed by atoms with Crippen LogP contribution in [0.2, 0.25) is 0 Å². The number of phenolic OH excluding ortho intramolecular Hbond substituents is 1. The summed E-state index contributed by atoms with van der Waals surface area (Å²) in [4.78, 5) is 2.79. The van der Waals surface area contributed by atoms with Crippen molar-refractivity contribution in [1.82, 2.24) is 4.90 Å². The number of phenols is 1. The molecule has 0 radical (unpaired) electrons. The molecule has 1 N–H and O–H groups in total. The van der Waals surface area contributed by atoms with E-state index in [4.69, 9.17) is 0 Å². The Hall–Kier alpha value is -1.02. The van der Waals surface area contributed by atoms with Gasteiger partial charge >= 0.3 is 0 Å². The second-order valence-corrected chi connectivity index (χ2v) is 7.19. The van der Waals surface area contributed by atoms with Crippen molar-refractivity contribution in [2.45, 2.75) is 51.0 Å². The molecule has 0 aromatic heterocycles. The zero-order valence-electron chi connectivity index (χ0n) is 12.4. The van der Waals surface area contributed by atoms with E-state index in [1.54, 1.807) is 0 Å². The fourth-order valence-corrected chi connectivity index (χ4v) is 4.53. The third-order valence-electron chi connectivity index (χ3n) is 5.83. The van der Waals surface area contributed by atoms with Gasteiger partial charge in [0.15, 0.2) is 0 Å². The van der Waals surface area contributed by atoms with E-state index < -0.39 is 0 Å². The summed E-state index contributed by atoms with van der Waals surface area (Å²) < 4.78 is 0. The van der Waals surface area contributed by atoms with Crippen LogP contribution in [0.5, 0.6) is 5.75 Å². The summed E-state index contributed by atoms with van der Waals surface area (Å²) in [5.41, 5.74) is 2.87. The van der Waals surface area contributed by atoms with Gasteiger partial charge in [-0.05, 0) is 79.7 Å². The number of rotatable bonds is 2. The molecule has 0 bridgehead atoms. The van der Waals surface area contributed by atoms with Gasteiger partial charge in [0.1, 0.15) is 5.75 Å². The molecule has 0 unspecified atom stereocenters. The quantitative estimate of drug-likeness (QED) is 0.889. The van der Waals surface area contributed by atoms with Crippen LogP contribution in [0.25, 0.3) is 0 Å². The van der Waals surface area contributed by atoms with Gasteiger partial charge in [0.05, 0.1) is 0 Å². The van der Waals surface area contributed by atoms with Crippen LogP contribution in [0.3, 0.4) is 0 Å². The van der Waals surface area contributed by atoms with Crippen LogP contribution >= 0.6 is 0 Å². The van der Waals surface area contributed by atoms with Gasteiger partial charge in [0, 0.05) is 12.6 Å². The molecule has 2 nitrogen and oxygen atoms in total. The Morgan fingerprint density at radius 2 is 2.10 bits per heavy atom. The first-order valence-electron chi connectivity index (χ1n) is 8.28. The van der Waals surface area contributed by atoms with E-state index >= 15 is 0 Å². The van der Waals surface area contributed by atoms with Gasteiger partial charge in [-0.3, -0.25) is 4.90 Å². The molecule has 20 heavy (non-hydrogen) atoms. The summed E-state index contributed by atoms with van der Waals surface area (Å²) in [6.45, 7) is 5.01. The molecule has 108 valence electrons. The largest absolute Gasteiger partial charge is 0.508 e. The topological polar surface area (TPSA) is 23.5 Å². The maximum absolute atomic E-state index is 9.77. The monoisotopic (exact) mass is 271 g/mol. The first kappa shape index (κ1) is 12.7. The normalized spacial score (nSPS) is 33.5. The zero-order valence-corrected chi connectivity index (χ0v) is 12.4. The fourth-order valence-electron chi connectivity index (χ4n) is 4.53. The minimum atomic E-state index is 0.430. The fraction of sp³-hybridized carbons (Fsp3) is 0.667. The second-order valence-electron chi connectivity index (χ2n) is 7.19. The summed E-state index contributed by atoms with van der Waals surface area (Å²) in [5.74, 6) is 2.81. The summed E-state index contributed by atoms with van der Waals surface area (Å²) in [5, 5.41) is 9.77.